The van der Waals surface area contributed by atoms with Crippen molar-refractivity contribution in [3.05, 3.63) is 9.47 Å². The maximum atomic E-state index is 9.87. The molecule has 0 aliphatic heterocycles. The molecule has 0 fully saturated rings. The number of aldehydes is 1. The Morgan fingerprint density at radius 2 is 2.38 bits per heavy atom. The van der Waals surface area contributed by atoms with E-state index in [-0.39, 0.29) is 0 Å². The predicted octanol–water partition coefficient (Wildman–Crippen LogP) is 1.00. The van der Waals surface area contributed by atoms with E-state index in [1.165, 1.54) is 0 Å². The Morgan fingerprint density at radius 1 is 1.62 bits per heavy atom. The molecule has 8 heavy (non-hydrogen) atoms. The van der Waals surface area contributed by atoms with Crippen LogP contribution in [0.5, 0.6) is 0 Å². The van der Waals surface area contributed by atoms with Crippen molar-refractivity contribution in [2.45, 2.75) is 0 Å². The van der Waals surface area contributed by atoms with Gasteiger partial charge in [0.1, 0.15) is 0 Å². The van der Waals surface area contributed by atoms with Gasteiger partial charge in [0.2, 0.25) is 4.47 Å². The molecule has 0 saturated carbocycles. The Morgan fingerprint density at radius 3 is 2.62 bits per heavy atom. The van der Waals surface area contributed by atoms with Gasteiger partial charge in [0.15, 0.2) is 11.3 Å². The van der Waals surface area contributed by atoms with Crippen molar-refractivity contribution in [2.75, 3.05) is 0 Å². The van der Waals surface area contributed by atoms with Crippen LogP contribution < -0.4 is 0 Å². The van der Waals surface area contributed by atoms with Crippen molar-refractivity contribution in [3.8, 4) is 0 Å². The molecule has 1 aromatic rings. The summed E-state index contributed by atoms with van der Waals surface area (Å²) in [6.07, 6.45) is 0.615. The van der Waals surface area contributed by atoms with Gasteiger partial charge in [0, 0.05) is 0 Å². The first kappa shape index (κ1) is 5.65. The first-order valence-electron chi connectivity index (χ1n) is 1.77. The highest BCUT2D eigenvalue weighted by molar-refractivity contribution is 7.16. The molecule has 0 radical (unpaired) electrons. The maximum Gasteiger partial charge on any atom is 0.207 e. The Hall–Kier alpha value is -0.480. The van der Waals surface area contributed by atoms with Gasteiger partial charge in [0.05, 0.1) is 0 Å². The lowest BCUT2D eigenvalue weighted by atomic mass is 10.8. The van der Waals surface area contributed by atoms with Gasteiger partial charge in [-0.1, -0.05) is 11.3 Å². The van der Waals surface area contributed by atoms with Crippen LogP contribution in [0.2, 0.25) is 4.47 Å². The van der Waals surface area contributed by atoms with Gasteiger partial charge in [-0.3, -0.25) is 4.79 Å². The maximum absolute atomic E-state index is 9.87. The largest absolute Gasteiger partial charge is 0.295 e. The minimum atomic E-state index is 0.298. The smallest absolute Gasteiger partial charge is 0.207 e. The summed E-state index contributed by atoms with van der Waals surface area (Å²) in [7, 11) is 0. The number of rotatable bonds is 1. The van der Waals surface area contributed by atoms with Gasteiger partial charge < -0.3 is 0 Å². The summed E-state index contributed by atoms with van der Waals surface area (Å²) in [6.45, 7) is 0. The number of hydrogen-bond acceptors (Lipinski definition) is 4. The summed E-state index contributed by atoms with van der Waals surface area (Å²) in [5.74, 6) is 0. The molecule has 42 valence electrons. The van der Waals surface area contributed by atoms with Crippen LogP contribution in [0.25, 0.3) is 0 Å². The van der Waals surface area contributed by atoms with Crippen LogP contribution in [0.4, 0.5) is 0 Å². The van der Waals surface area contributed by atoms with E-state index >= 15 is 0 Å². The lowest BCUT2D eigenvalue weighted by Gasteiger charge is -1.63. The summed E-state index contributed by atoms with van der Waals surface area (Å²) >= 11 is 6.39. The fraction of sp³-hybridized carbons (Fsp3) is 0. The van der Waals surface area contributed by atoms with Gasteiger partial charge in [-0.25, -0.2) is 0 Å². The van der Waals surface area contributed by atoms with Crippen molar-refractivity contribution in [2.24, 2.45) is 0 Å². The SMILES string of the molecule is O=Cc1nnc(Cl)s1. The zero-order chi connectivity index (χ0) is 5.98. The number of carbonyl (C=O) groups is 1. The van der Waals surface area contributed by atoms with Crippen LogP contribution in [0.15, 0.2) is 0 Å². The third kappa shape index (κ3) is 1.02. The molecule has 0 spiro atoms. The Kier molecular flexibility index (Phi) is 1.55. The molecule has 1 heterocycles. The zero-order valence-corrected chi connectivity index (χ0v) is 5.24. The van der Waals surface area contributed by atoms with Crippen LogP contribution in [0.1, 0.15) is 9.80 Å². The molecule has 0 bridgehead atoms. The van der Waals surface area contributed by atoms with E-state index in [1.54, 1.807) is 0 Å². The fourth-order valence-electron chi connectivity index (χ4n) is 0.263. The third-order valence-corrected chi connectivity index (χ3v) is 1.46. The molecule has 0 saturated heterocycles. The highest BCUT2D eigenvalue weighted by atomic mass is 35.5. The van der Waals surface area contributed by atoms with E-state index in [1.807, 2.05) is 0 Å². The van der Waals surface area contributed by atoms with Gasteiger partial charge in [-0.2, -0.15) is 0 Å². The monoisotopic (exact) mass is 148 g/mol. The third-order valence-electron chi connectivity index (χ3n) is 0.517. The summed E-state index contributed by atoms with van der Waals surface area (Å²) in [6, 6.07) is 0. The topological polar surface area (TPSA) is 42.9 Å². The summed E-state index contributed by atoms with van der Waals surface area (Å²) in [5, 5.41) is 7.11. The highest BCUT2D eigenvalue weighted by Gasteiger charge is 1.96. The molecule has 0 N–H and O–H groups in total. The van der Waals surface area contributed by atoms with Gasteiger partial charge in [0.25, 0.3) is 0 Å². The highest BCUT2D eigenvalue weighted by Crippen LogP contribution is 2.11. The van der Waals surface area contributed by atoms with E-state index in [4.69, 9.17) is 11.6 Å². The van der Waals surface area contributed by atoms with E-state index in [0.717, 1.165) is 11.3 Å². The van der Waals surface area contributed by atoms with Crippen LogP contribution in [-0.2, 0) is 0 Å². The van der Waals surface area contributed by atoms with Gasteiger partial charge in [-0.15, -0.1) is 10.2 Å². The van der Waals surface area contributed by atoms with Crippen LogP contribution in [0.3, 0.4) is 0 Å². The summed E-state index contributed by atoms with van der Waals surface area (Å²) < 4.78 is 0.298. The van der Waals surface area contributed by atoms with Crippen LogP contribution in [-0.4, -0.2) is 16.5 Å². The quantitative estimate of drug-likeness (QED) is 0.558. The molecule has 5 heteroatoms. The Bertz CT molecular complexity index is 199. The Balaban J connectivity index is 3.00. The average Bonchev–Trinajstić information content (AvgIpc) is 2.14. The lowest BCUT2D eigenvalue weighted by Crippen LogP contribution is -1.73. The first-order valence-corrected chi connectivity index (χ1v) is 2.96. The molecule has 0 aliphatic carbocycles. The molecule has 3 nitrogen and oxygen atoms in total. The number of carbonyl (C=O) groups excluding carboxylic acids is 1. The van der Waals surface area contributed by atoms with Crippen molar-refractivity contribution in [1.82, 2.24) is 10.2 Å². The van der Waals surface area contributed by atoms with Gasteiger partial charge >= 0.3 is 0 Å². The predicted molar refractivity (Wildman–Crippen MR) is 30.3 cm³/mol. The van der Waals surface area contributed by atoms with E-state index in [0.29, 0.717) is 15.8 Å². The number of aromatic nitrogens is 2. The Labute approximate surface area is 54.3 Å². The zero-order valence-electron chi connectivity index (χ0n) is 3.67. The van der Waals surface area contributed by atoms with E-state index in [9.17, 15) is 4.79 Å². The first-order chi connectivity index (χ1) is 3.83. The number of nitrogens with zero attached hydrogens (tertiary/aromatic N) is 2. The number of hydrogen-bond donors (Lipinski definition) is 0. The molecule has 0 unspecified atom stereocenters. The second-order valence-electron chi connectivity index (χ2n) is 1.01. The molecule has 0 aliphatic rings. The number of halogens is 1. The molecule has 1 rings (SSSR count). The normalized spacial score (nSPS) is 9.12. The second-order valence-corrected chi connectivity index (χ2v) is 2.60. The summed E-state index contributed by atoms with van der Waals surface area (Å²) in [4.78, 5) is 9.87. The van der Waals surface area contributed by atoms with Crippen LogP contribution >= 0.6 is 22.9 Å². The van der Waals surface area contributed by atoms with Crippen molar-refractivity contribution in [1.29, 1.82) is 0 Å². The summed E-state index contributed by atoms with van der Waals surface area (Å²) in [5.41, 5.74) is 0. The lowest BCUT2D eigenvalue weighted by molar-refractivity contribution is 0.112. The fourth-order valence-corrected chi connectivity index (χ4v) is 0.922. The van der Waals surface area contributed by atoms with Crippen LogP contribution in [0, 0.1) is 0 Å². The van der Waals surface area contributed by atoms with E-state index in [2.05, 4.69) is 10.2 Å². The second kappa shape index (κ2) is 2.19. The molecule has 0 atom stereocenters. The standard InChI is InChI=1S/C3HClN2OS/c4-3-6-5-2(1-7)8-3/h1H. The van der Waals surface area contributed by atoms with Crippen molar-refractivity contribution in [3.63, 3.8) is 0 Å². The molecule has 0 aromatic carbocycles. The molecular formula is C3HClN2OS. The average molecular weight is 149 g/mol. The molecule has 0 amide bonds. The molecule has 1 aromatic heterocycles. The van der Waals surface area contributed by atoms with Crippen molar-refractivity contribution >= 4 is 29.2 Å². The minimum absolute atomic E-state index is 0.298. The van der Waals surface area contributed by atoms with Crippen molar-refractivity contribution < 1.29 is 4.79 Å². The minimum Gasteiger partial charge on any atom is -0.295 e. The molecular weight excluding hydrogens is 148 g/mol. The van der Waals surface area contributed by atoms with E-state index < -0.39 is 0 Å². The van der Waals surface area contributed by atoms with Gasteiger partial charge in [-0.05, 0) is 11.6 Å².